The summed E-state index contributed by atoms with van der Waals surface area (Å²) >= 11 is 0. The van der Waals surface area contributed by atoms with E-state index < -0.39 is 18.1 Å². The molecule has 186 valence electrons. The minimum atomic E-state index is -0.849. The number of carboxylic acids is 1. The molecule has 2 aliphatic carbocycles. The molecule has 0 heterocycles. The van der Waals surface area contributed by atoms with Gasteiger partial charge in [-0.1, -0.05) is 74.7 Å². The summed E-state index contributed by atoms with van der Waals surface area (Å²) in [4.78, 5) is 36.9. The number of fused-ring (bicyclic) bond motifs is 3. The van der Waals surface area contributed by atoms with Crippen molar-refractivity contribution in [2.75, 3.05) is 13.2 Å². The number of nitrogens with one attached hydrogen (secondary N) is 2. The van der Waals surface area contributed by atoms with Gasteiger partial charge in [0.05, 0.1) is 6.42 Å². The summed E-state index contributed by atoms with van der Waals surface area (Å²) < 4.78 is 5.62. The van der Waals surface area contributed by atoms with Crippen LogP contribution in [0.4, 0.5) is 4.79 Å². The molecular weight excluding hydrogens is 444 g/mol. The molecule has 1 saturated carbocycles. The number of hydrogen-bond acceptors (Lipinski definition) is 4. The Morgan fingerprint density at radius 2 is 1.69 bits per heavy atom. The lowest BCUT2D eigenvalue weighted by molar-refractivity contribution is -0.142. The highest BCUT2D eigenvalue weighted by atomic mass is 16.5. The quantitative estimate of drug-likeness (QED) is 0.428. The van der Waals surface area contributed by atoms with Crippen molar-refractivity contribution in [1.29, 1.82) is 0 Å². The maximum absolute atomic E-state index is 12.9. The van der Waals surface area contributed by atoms with Crippen molar-refractivity contribution in [1.82, 2.24) is 10.6 Å². The number of amides is 2. The van der Waals surface area contributed by atoms with Crippen LogP contribution < -0.4 is 10.6 Å². The van der Waals surface area contributed by atoms with Crippen LogP contribution in [0.1, 0.15) is 68.9 Å². The fourth-order valence-corrected chi connectivity index (χ4v) is 5.27. The van der Waals surface area contributed by atoms with E-state index >= 15 is 0 Å². The Bertz CT molecular complexity index is 1030. The van der Waals surface area contributed by atoms with Crippen LogP contribution in [0.3, 0.4) is 0 Å². The van der Waals surface area contributed by atoms with Crippen molar-refractivity contribution >= 4 is 18.0 Å². The van der Waals surface area contributed by atoms with Crippen molar-refractivity contribution in [2.45, 2.75) is 63.8 Å². The fourth-order valence-electron chi connectivity index (χ4n) is 5.27. The number of carbonyl (C=O) groups excluding carboxylic acids is 2. The van der Waals surface area contributed by atoms with Gasteiger partial charge in [0.15, 0.2) is 0 Å². The highest BCUT2D eigenvalue weighted by Gasteiger charge is 2.39. The van der Waals surface area contributed by atoms with E-state index in [9.17, 15) is 19.5 Å². The molecule has 35 heavy (non-hydrogen) atoms. The molecule has 0 radical (unpaired) electrons. The Balaban J connectivity index is 1.36. The molecule has 0 saturated heterocycles. The summed E-state index contributed by atoms with van der Waals surface area (Å²) in [5.74, 6) is -1.19. The van der Waals surface area contributed by atoms with Crippen LogP contribution >= 0.6 is 0 Å². The first-order valence-electron chi connectivity index (χ1n) is 12.5. The third-order valence-electron chi connectivity index (χ3n) is 7.38. The zero-order valence-electron chi connectivity index (χ0n) is 20.2. The first-order chi connectivity index (χ1) is 16.9. The summed E-state index contributed by atoms with van der Waals surface area (Å²) in [6, 6.07) is 15.6. The van der Waals surface area contributed by atoms with E-state index in [1.165, 1.54) is 0 Å². The van der Waals surface area contributed by atoms with Crippen molar-refractivity contribution < 1.29 is 24.2 Å². The summed E-state index contributed by atoms with van der Waals surface area (Å²) in [7, 11) is 0. The van der Waals surface area contributed by atoms with Gasteiger partial charge in [0, 0.05) is 12.5 Å². The topological polar surface area (TPSA) is 105 Å². The molecule has 4 rings (SSSR count). The Morgan fingerprint density at radius 3 is 2.23 bits per heavy atom. The van der Waals surface area contributed by atoms with Crippen LogP contribution in [-0.2, 0) is 14.3 Å². The van der Waals surface area contributed by atoms with E-state index in [1.807, 2.05) is 31.2 Å². The molecule has 0 unspecified atom stereocenters. The summed E-state index contributed by atoms with van der Waals surface area (Å²) in [6.45, 7) is 2.52. The minimum absolute atomic E-state index is 0.0483. The molecule has 1 fully saturated rings. The van der Waals surface area contributed by atoms with Crippen LogP contribution in [0.2, 0.25) is 0 Å². The predicted octanol–water partition coefficient (Wildman–Crippen LogP) is 4.85. The second-order valence-electron chi connectivity index (χ2n) is 9.81. The van der Waals surface area contributed by atoms with Crippen LogP contribution in [0, 0.1) is 5.41 Å². The molecule has 7 nitrogen and oxygen atoms in total. The van der Waals surface area contributed by atoms with Gasteiger partial charge in [-0.05, 0) is 46.9 Å². The maximum Gasteiger partial charge on any atom is 0.407 e. The van der Waals surface area contributed by atoms with Crippen LogP contribution in [0.5, 0.6) is 0 Å². The van der Waals surface area contributed by atoms with Gasteiger partial charge in [0.1, 0.15) is 12.6 Å². The molecule has 0 spiro atoms. The molecule has 1 atom stereocenters. The van der Waals surface area contributed by atoms with Gasteiger partial charge in [0.25, 0.3) is 0 Å². The van der Waals surface area contributed by atoms with E-state index in [0.29, 0.717) is 13.0 Å². The number of ether oxygens (including phenoxy) is 1. The van der Waals surface area contributed by atoms with Gasteiger partial charge in [-0.25, -0.2) is 4.79 Å². The molecule has 2 amide bonds. The number of carboxylic acid groups (broad SMARTS) is 1. The number of carbonyl (C=O) groups is 3. The second kappa shape index (κ2) is 10.9. The zero-order valence-corrected chi connectivity index (χ0v) is 20.2. The fraction of sp³-hybridized carbons (Fsp3) is 0.464. The maximum atomic E-state index is 12.9. The average molecular weight is 479 g/mol. The zero-order chi connectivity index (χ0) is 24.8. The molecule has 0 aromatic heterocycles. The lowest BCUT2D eigenvalue weighted by Gasteiger charge is -2.41. The summed E-state index contributed by atoms with van der Waals surface area (Å²) in [5, 5.41) is 14.9. The molecule has 0 aliphatic heterocycles. The summed E-state index contributed by atoms with van der Waals surface area (Å²) in [6.07, 6.45) is 4.15. The first kappa shape index (κ1) is 24.8. The average Bonchev–Trinajstić information content (AvgIpc) is 3.15. The third kappa shape index (κ3) is 5.66. The second-order valence-corrected chi connectivity index (χ2v) is 9.81. The van der Waals surface area contributed by atoms with E-state index in [1.54, 1.807) is 0 Å². The SMILES string of the molecule is CCCC[C@H](NC(=O)OCC1c2ccccc2-c2ccccc21)C(=O)NCC1(CC(=O)O)CCC1. The molecule has 2 aliphatic rings. The van der Waals surface area contributed by atoms with Gasteiger partial charge in [-0.3, -0.25) is 9.59 Å². The van der Waals surface area contributed by atoms with Crippen molar-refractivity contribution in [3.8, 4) is 11.1 Å². The normalized spacial score (nSPS) is 16.4. The Labute approximate surface area is 206 Å². The smallest absolute Gasteiger partial charge is 0.407 e. The van der Waals surface area contributed by atoms with E-state index in [-0.39, 0.29) is 30.3 Å². The van der Waals surface area contributed by atoms with Gasteiger partial charge >= 0.3 is 12.1 Å². The lowest BCUT2D eigenvalue weighted by Crippen LogP contribution is -2.51. The van der Waals surface area contributed by atoms with Gasteiger partial charge < -0.3 is 20.5 Å². The highest BCUT2D eigenvalue weighted by molar-refractivity contribution is 5.86. The number of unbranched alkanes of at least 4 members (excludes halogenated alkanes) is 1. The third-order valence-corrected chi connectivity index (χ3v) is 7.38. The van der Waals surface area contributed by atoms with Crippen LogP contribution in [-0.4, -0.2) is 42.3 Å². The number of alkyl carbamates (subject to hydrolysis) is 1. The van der Waals surface area contributed by atoms with Crippen molar-refractivity contribution in [3.05, 3.63) is 59.7 Å². The van der Waals surface area contributed by atoms with Gasteiger partial charge in [0.2, 0.25) is 5.91 Å². The number of aliphatic carboxylic acids is 1. The van der Waals surface area contributed by atoms with E-state index in [2.05, 4.69) is 34.9 Å². The van der Waals surface area contributed by atoms with Crippen LogP contribution in [0.25, 0.3) is 11.1 Å². The van der Waals surface area contributed by atoms with Crippen molar-refractivity contribution in [2.24, 2.45) is 5.41 Å². The molecule has 7 heteroatoms. The molecule has 2 aromatic carbocycles. The molecule has 3 N–H and O–H groups in total. The van der Waals surface area contributed by atoms with E-state index in [4.69, 9.17) is 4.74 Å². The minimum Gasteiger partial charge on any atom is -0.481 e. The Hall–Kier alpha value is -3.35. The van der Waals surface area contributed by atoms with Gasteiger partial charge in [-0.15, -0.1) is 0 Å². The molecular formula is C28H34N2O5. The molecule has 0 bridgehead atoms. The van der Waals surface area contributed by atoms with Crippen molar-refractivity contribution in [3.63, 3.8) is 0 Å². The molecule has 2 aromatic rings. The largest absolute Gasteiger partial charge is 0.481 e. The number of benzene rings is 2. The Morgan fingerprint density at radius 1 is 1.06 bits per heavy atom. The van der Waals surface area contributed by atoms with Crippen LogP contribution in [0.15, 0.2) is 48.5 Å². The standard InChI is InChI=1S/C28H34N2O5/c1-2-3-13-24(26(33)29-18-28(14-8-15-28)16-25(31)32)30-27(34)35-17-23-21-11-6-4-9-19(21)20-10-5-7-12-22(20)23/h4-7,9-12,23-24H,2-3,8,13-18H2,1H3,(H,29,33)(H,30,34)(H,31,32)/t24-/m0/s1. The monoisotopic (exact) mass is 478 g/mol. The number of hydrogen-bond donors (Lipinski definition) is 3. The summed E-state index contributed by atoms with van der Waals surface area (Å²) in [5.41, 5.74) is 4.20. The highest BCUT2D eigenvalue weighted by Crippen LogP contribution is 2.45. The predicted molar refractivity (Wildman–Crippen MR) is 133 cm³/mol. The first-order valence-corrected chi connectivity index (χ1v) is 12.5. The van der Waals surface area contributed by atoms with E-state index in [0.717, 1.165) is 54.4 Å². The lowest BCUT2D eigenvalue weighted by atomic mass is 9.66. The number of rotatable bonds is 11. The van der Waals surface area contributed by atoms with Gasteiger partial charge in [-0.2, -0.15) is 0 Å². The Kier molecular flexibility index (Phi) is 7.73.